The van der Waals surface area contributed by atoms with E-state index in [1.165, 1.54) is 6.07 Å². The van der Waals surface area contributed by atoms with Crippen LogP contribution in [0.15, 0.2) is 83.7 Å². The Morgan fingerprint density at radius 1 is 0.971 bits per heavy atom. The van der Waals surface area contributed by atoms with Gasteiger partial charge in [0.2, 0.25) is 0 Å². The Bertz CT molecular complexity index is 1310. The van der Waals surface area contributed by atoms with Gasteiger partial charge in [-0.25, -0.2) is 9.37 Å². The summed E-state index contributed by atoms with van der Waals surface area (Å²) in [7, 11) is 0. The fourth-order valence-corrected chi connectivity index (χ4v) is 4.99. The Balaban J connectivity index is 1.57. The van der Waals surface area contributed by atoms with Crippen LogP contribution in [-0.4, -0.2) is 21.0 Å². The molecule has 0 atom stereocenters. The average Bonchev–Trinajstić information content (AvgIpc) is 2.85. The molecule has 172 valence electrons. The highest BCUT2D eigenvalue weighted by molar-refractivity contribution is 6.31. The van der Waals surface area contributed by atoms with Crippen LogP contribution in [0, 0.1) is 12.7 Å². The quantitative estimate of drug-likeness (QED) is 0.382. The van der Waals surface area contributed by atoms with Crippen LogP contribution in [-0.2, 0) is 19.5 Å². The van der Waals surface area contributed by atoms with E-state index in [1.807, 2.05) is 67.6 Å². The van der Waals surface area contributed by atoms with Crippen molar-refractivity contribution in [3.05, 3.63) is 134 Å². The van der Waals surface area contributed by atoms with Gasteiger partial charge in [0.1, 0.15) is 11.6 Å². The average molecular weight is 474 g/mol. The number of nitrogens with zero attached hydrogens (tertiary/aromatic N) is 3. The maximum atomic E-state index is 14.4. The predicted octanol–water partition coefficient (Wildman–Crippen LogP) is 5.54. The molecule has 3 aromatic carbocycles. The summed E-state index contributed by atoms with van der Waals surface area (Å²) in [5.41, 5.74) is 3.94. The van der Waals surface area contributed by atoms with E-state index in [1.54, 1.807) is 16.7 Å². The van der Waals surface area contributed by atoms with E-state index in [0.29, 0.717) is 48.0 Å². The highest BCUT2D eigenvalue weighted by atomic mass is 35.5. The van der Waals surface area contributed by atoms with Gasteiger partial charge in [0.05, 0.1) is 17.3 Å². The van der Waals surface area contributed by atoms with Crippen LogP contribution >= 0.6 is 11.6 Å². The van der Waals surface area contributed by atoms with E-state index in [2.05, 4.69) is 4.90 Å². The fourth-order valence-electron chi connectivity index (χ4n) is 4.77. The Morgan fingerprint density at radius 2 is 1.62 bits per heavy atom. The molecule has 1 aromatic heterocycles. The smallest absolute Gasteiger partial charge is 0.259 e. The van der Waals surface area contributed by atoms with E-state index in [4.69, 9.17) is 16.6 Å². The minimum Gasteiger partial charge on any atom is -0.294 e. The number of benzene rings is 3. The van der Waals surface area contributed by atoms with Gasteiger partial charge >= 0.3 is 0 Å². The molecule has 0 fully saturated rings. The number of aryl methyl sites for hydroxylation is 1. The van der Waals surface area contributed by atoms with Crippen LogP contribution in [0.1, 0.15) is 39.8 Å². The summed E-state index contributed by atoms with van der Waals surface area (Å²) in [6.07, 6.45) is 0.639. The van der Waals surface area contributed by atoms with Crippen LogP contribution in [0.25, 0.3) is 0 Å². The molecule has 0 N–H and O–H groups in total. The lowest BCUT2D eigenvalue weighted by Crippen LogP contribution is -2.40. The molecule has 4 nitrogen and oxygen atoms in total. The molecule has 2 heterocycles. The molecule has 0 aliphatic carbocycles. The number of rotatable bonds is 5. The topological polar surface area (TPSA) is 38.1 Å². The number of aromatic nitrogens is 2. The molecule has 6 heteroatoms. The molecule has 0 unspecified atom stereocenters. The third-order valence-corrected chi connectivity index (χ3v) is 6.80. The van der Waals surface area contributed by atoms with Crippen LogP contribution in [0.3, 0.4) is 0 Å². The molecule has 0 spiro atoms. The Labute approximate surface area is 203 Å². The van der Waals surface area contributed by atoms with Gasteiger partial charge in [0.25, 0.3) is 5.56 Å². The molecule has 0 saturated heterocycles. The first-order valence-electron chi connectivity index (χ1n) is 11.4. The summed E-state index contributed by atoms with van der Waals surface area (Å²) in [5.74, 6) is 0.359. The molecule has 0 bridgehead atoms. The second-order valence-corrected chi connectivity index (χ2v) is 9.05. The summed E-state index contributed by atoms with van der Waals surface area (Å²) in [6, 6.07) is 24.5. The summed E-state index contributed by atoms with van der Waals surface area (Å²) >= 11 is 6.26. The van der Waals surface area contributed by atoms with Crippen molar-refractivity contribution in [2.75, 3.05) is 6.54 Å². The molecule has 0 saturated carbocycles. The highest BCUT2D eigenvalue weighted by Crippen LogP contribution is 2.28. The highest BCUT2D eigenvalue weighted by Gasteiger charge is 2.27. The van der Waals surface area contributed by atoms with Gasteiger partial charge in [-0.15, -0.1) is 0 Å². The van der Waals surface area contributed by atoms with E-state index in [-0.39, 0.29) is 17.4 Å². The van der Waals surface area contributed by atoms with Crippen molar-refractivity contribution in [3.63, 3.8) is 0 Å². The summed E-state index contributed by atoms with van der Waals surface area (Å²) in [4.78, 5) is 20.9. The van der Waals surface area contributed by atoms with E-state index in [9.17, 15) is 9.18 Å². The van der Waals surface area contributed by atoms with Crippen molar-refractivity contribution in [1.29, 1.82) is 0 Å². The first kappa shape index (κ1) is 22.5. The van der Waals surface area contributed by atoms with Crippen molar-refractivity contribution >= 4 is 11.6 Å². The maximum absolute atomic E-state index is 14.4. The van der Waals surface area contributed by atoms with Crippen LogP contribution < -0.4 is 5.56 Å². The number of halogens is 2. The monoisotopic (exact) mass is 473 g/mol. The minimum absolute atomic E-state index is 0.0514. The van der Waals surface area contributed by atoms with Gasteiger partial charge in [-0.05, 0) is 30.2 Å². The largest absolute Gasteiger partial charge is 0.294 e. The molecule has 1 aliphatic heterocycles. The predicted molar refractivity (Wildman–Crippen MR) is 133 cm³/mol. The third-order valence-electron chi connectivity index (χ3n) is 6.45. The van der Waals surface area contributed by atoms with Crippen molar-refractivity contribution in [2.45, 2.75) is 32.5 Å². The Morgan fingerprint density at radius 3 is 2.24 bits per heavy atom. The van der Waals surface area contributed by atoms with Crippen molar-refractivity contribution in [1.82, 2.24) is 14.5 Å². The van der Waals surface area contributed by atoms with Crippen LogP contribution in [0.5, 0.6) is 0 Å². The van der Waals surface area contributed by atoms with Gasteiger partial charge in [0.15, 0.2) is 0 Å². The normalized spacial score (nSPS) is 13.8. The van der Waals surface area contributed by atoms with Crippen molar-refractivity contribution in [3.8, 4) is 0 Å². The van der Waals surface area contributed by atoms with E-state index >= 15 is 0 Å². The Hall–Kier alpha value is -3.28. The van der Waals surface area contributed by atoms with Gasteiger partial charge < -0.3 is 0 Å². The summed E-state index contributed by atoms with van der Waals surface area (Å²) < 4.78 is 16.2. The zero-order valence-corrected chi connectivity index (χ0v) is 19.7. The van der Waals surface area contributed by atoms with Gasteiger partial charge in [-0.2, -0.15) is 0 Å². The lowest BCUT2D eigenvalue weighted by Gasteiger charge is -2.30. The molecule has 34 heavy (non-hydrogen) atoms. The first-order valence-corrected chi connectivity index (χ1v) is 11.8. The number of hydrogen-bond acceptors (Lipinski definition) is 3. The van der Waals surface area contributed by atoms with Crippen molar-refractivity contribution < 1.29 is 4.39 Å². The number of hydrogen-bond donors (Lipinski definition) is 0. The maximum Gasteiger partial charge on any atom is 0.259 e. The SMILES string of the molecule is Cc1nc2c(c(=O)n1C(c1ccccc1)c1ccccc1)CN(Cc1c(F)cccc1Cl)CC2. The van der Waals surface area contributed by atoms with Crippen LogP contribution in [0.2, 0.25) is 5.02 Å². The molecule has 0 amide bonds. The number of fused-ring (bicyclic) bond motifs is 1. The second kappa shape index (κ2) is 9.53. The summed E-state index contributed by atoms with van der Waals surface area (Å²) in [5, 5.41) is 0.401. The lowest BCUT2D eigenvalue weighted by atomic mass is 9.97. The van der Waals surface area contributed by atoms with Crippen molar-refractivity contribution in [2.24, 2.45) is 0 Å². The molecule has 5 rings (SSSR count). The fraction of sp³-hybridized carbons (Fsp3) is 0.214. The third kappa shape index (κ3) is 4.29. The summed E-state index contributed by atoms with van der Waals surface area (Å²) in [6.45, 7) is 3.34. The van der Waals surface area contributed by atoms with Gasteiger partial charge in [-0.1, -0.05) is 78.3 Å². The molecule has 1 aliphatic rings. The van der Waals surface area contributed by atoms with Gasteiger partial charge in [-0.3, -0.25) is 14.3 Å². The molecule has 0 radical (unpaired) electrons. The zero-order chi connectivity index (χ0) is 23.7. The first-order chi connectivity index (χ1) is 16.5. The second-order valence-electron chi connectivity index (χ2n) is 8.64. The Kier molecular flexibility index (Phi) is 6.31. The molecular formula is C28H25ClFN3O. The van der Waals surface area contributed by atoms with Crippen LogP contribution in [0.4, 0.5) is 4.39 Å². The lowest BCUT2D eigenvalue weighted by molar-refractivity contribution is 0.237. The molecular weight excluding hydrogens is 449 g/mol. The van der Waals surface area contributed by atoms with E-state index in [0.717, 1.165) is 16.8 Å². The zero-order valence-electron chi connectivity index (χ0n) is 18.9. The minimum atomic E-state index is -0.328. The molecule has 4 aromatic rings. The van der Waals surface area contributed by atoms with Gasteiger partial charge in [0, 0.05) is 36.6 Å². The standard InChI is InChI=1S/C28H25ClFN3O/c1-19-31-26-15-16-32(17-22-24(29)13-8-14-25(22)30)18-23(26)28(34)33(19)27(20-9-4-2-5-10-20)21-11-6-3-7-12-21/h2-14,27H,15-18H2,1H3. The van der Waals surface area contributed by atoms with E-state index < -0.39 is 0 Å².